The van der Waals surface area contributed by atoms with Gasteiger partial charge in [0.2, 0.25) is 0 Å². The summed E-state index contributed by atoms with van der Waals surface area (Å²) in [6.45, 7) is 4.34. The van der Waals surface area contributed by atoms with Gasteiger partial charge in [-0.15, -0.1) is 0 Å². The maximum Gasteiger partial charge on any atom is 0.268 e. The Bertz CT molecular complexity index is 678. The number of nitrogens with zero attached hydrogens (tertiary/aromatic N) is 2. The van der Waals surface area contributed by atoms with Crippen molar-refractivity contribution in [3.8, 4) is 6.07 Å². The van der Waals surface area contributed by atoms with Gasteiger partial charge in [0.05, 0.1) is 0 Å². The topological polar surface area (TPSA) is 45.8 Å². The Morgan fingerprint density at radius 1 is 1.21 bits per heavy atom. The normalized spacial score (nSPS) is 10.2. The molecule has 0 radical (unpaired) electrons. The van der Waals surface area contributed by atoms with Crippen LogP contribution in [0.5, 0.6) is 0 Å². The smallest absolute Gasteiger partial charge is 0.268 e. The quantitative estimate of drug-likeness (QED) is 0.842. The van der Waals surface area contributed by atoms with Crippen LogP contribution in [0, 0.1) is 25.2 Å². The van der Waals surface area contributed by atoms with Gasteiger partial charge in [-0.05, 0) is 37.0 Å². The Balaban J connectivity index is 2.30. The van der Waals surface area contributed by atoms with Crippen LogP contribution in [0.1, 0.15) is 22.3 Å². The molecule has 0 aliphatic rings. The third-order valence-electron chi connectivity index (χ3n) is 3.39. The zero-order valence-electron chi connectivity index (χ0n) is 11.2. The van der Waals surface area contributed by atoms with Crippen molar-refractivity contribution >= 4 is 0 Å². The molecule has 0 aliphatic carbocycles. The van der Waals surface area contributed by atoms with Crippen molar-refractivity contribution in [3.05, 3.63) is 69.1 Å². The van der Waals surface area contributed by atoms with Crippen molar-refractivity contribution in [2.75, 3.05) is 0 Å². The summed E-state index contributed by atoms with van der Waals surface area (Å²) in [7, 11) is 0. The van der Waals surface area contributed by atoms with Gasteiger partial charge in [-0.25, -0.2) is 0 Å². The highest BCUT2D eigenvalue weighted by molar-refractivity contribution is 5.38. The summed E-state index contributed by atoms with van der Waals surface area (Å²) in [5, 5.41) is 9.07. The summed E-state index contributed by atoms with van der Waals surface area (Å²) < 4.78 is 1.63. The number of rotatable bonds is 3. The lowest BCUT2D eigenvalue weighted by Gasteiger charge is -2.10. The van der Waals surface area contributed by atoms with Crippen LogP contribution < -0.4 is 5.56 Å². The number of aryl methyl sites for hydroxylation is 3. The highest BCUT2D eigenvalue weighted by atomic mass is 16.1. The average Bonchev–Trinajstić information content (AvgIpc) is 2.43. The second-order valence-corrected chi connectivity index (χ2v) is 4.66. The lowest BCUT2D eigenvalue weighted by Crippen LogP contribution is -2.25. The molecule has 2 rings (SSSR count). The summed E-state index contributed by atoms with van der Waals surface area (Å²) in [6.07, 6.45) is 2.62. The monoisotopic (exact) mass is 252 g/mol. The van der Waals surface area contributed by atoms with E-state index in [1.54, 1.807) is 4.57 Å². The molecule has 3 heteroatoms. The van der Waals surface area contributed by atoms with Crippen LogP contribution in [-0.2, 0) is 13.0 Å². The van der Waals surface area contributed by atoms with Gasteiger partial charge < -0.3 is 4.57 Å². The molecule has 0 atom stereocenters. The molecule has 1 heterocycles. The zero-order valence-corrected chi connectivity index (χ0v) is 11.2. The Morgan fingerprint density at radius 2 is 1.89 bits per heavy atom. The molecule has 0 bridgehead atoms. The molecular weight excluding hydrogens is 236 g/mol. The standard InChI is InChI=1S/C16H16N2O/c1-12-11-18(16(19)15(10-17)13(12)2)9-8-14-6-4-3-5-7-14/h3-7,11H,8-9H2,1-2H3. The van der Waals surface area contributed by atoms with E-state index in [1.807, 2.05) is 56.4 Å². The molecule has 0 spiro atoms. The third-order valence-corrected chi connectivity index (χ3v) is 3.39. The van der Waals surface area contributed by atoms with Crippen LogP contribution in [-0.4, -0.2) is 4.57 Å². The Hall–Kier alpha value is -2.34. The molecule has 19 heavy (non-hydrogen) atoms. The fourth-order valence-electron chi connectivity index (χ4n) is 2.08. The molecule has 1 aromatic heterocycles. The van der Waals surface area contributed by atoms with Gasteiger partial charge in [-0.1, -0.05) is 30.3 Å². The van der Waals surface area contributed by atoms with Crippen LogP contribution in [0.3, 0.4) is 0 Å². The van der Waals surface area contributed by atoms with Crippen LogP contribution in [0.2, 0.25) is 0 Å². The third kappa shape index (κ3) is 2.74. The van der Waals surface area contributed by atoms with Crippen molar-refractivity contribution in [2.24, 2.45) is 0 Å². The predicted octanol–water partition coefficient (Wildman–Crippen LogP) is 2.58. The van der Waals surface area contributed by atoms with E-state index in [2.05, 4.69) is 0 Å². The summed E-state index contributed by atoms with van der Waals surface area (Å²) in [6, 6.07) is 12.0. The largest absolute Gasteiger partial charge is 0.314 e. The summed E-state index contributed by atoms with van der Waals surface area (Å²) in [5.74, 6) is 0. The van der Waals surface area contributed by atoms with Gasteiger partial charge in [0.1, 0.15) is 11.6 Å². The number of pyridine rings is 1. The lowest BCUT2D eigenvalue weighted by molar-refractivity contribution is 0.663. The molecule has 0 N–H and O–H groups in total. The molecule has 0 amide bonds. The SMILES string of the molecule is Cc1cn(CCc2ccccc2)c(=O)c(C#N)c1C. The van der Waals surface area contributed by atoms with Crippen LogP contribution in [0.4, 0.5) is 0 Å². The van der Waals surface area contributed by atoms with E-state index in [4.69, 9.17) is 5.26 Å². The highest BCUT2D eigenvalue weighted by Crippen LogP contribution is 2.08. The lowest BCUT2D eigenvalue weighted by atomic mass is 10.1. The maximum atomic E-state index is 12.1. The fraction of sp³-hybridized carbons (Fsp3) is 0.250. The van der Waals surface area contributed by atoms with Crippen molar-refractivity contribution in [1.29, 1.82) is 5.26 Å². The van der Waals surface area contributed by atoms with Crippen molar-refractivity contribution in [1.82, 2.24) is 4.57 Å². The average molecular weight is 252 g/mol. The number of hydrogen-bond donors (Lipinski definition) is 0. The van der Waals surface area contributed by atoms with Gasteiger partial charge in [0.25, 0.3) is 5.56 Å². The zero-order chi connectivity index (χ0) is 13.8. The van der Waals surface area contributed by atoms with E-state index in [0.29, 0.717) is 6.54 Å². The maximum absolute atomic E-state index is 12.1. The van der Waals surface area contributed by atoms with Crippen molar-refractivity contribution in [3.63, 3.8) is 0 Å². The molecule has 0 saturated heterocycles. The summed E-state index contributed by atoms with van der Waals surface area (Å²) in [4.78, 5) is 12.1. The molecule has 0 unspecified atom stereocenters. The predicted molar refractivity (Wildman–Crippen MR) is 75.0 cm³/mol. The first-order valence-electron chi connectivity index (χ1n) is 6.28. The Labute approximate surface area is 112 Å². The number of aromatic nitrogens is 1. The minimum atomic E-state index is -0.193. The van der Waals surface area contributed by atoms with Gasteiger partial charge in [0.15, 0.2) is 0 Å². The van der Waals surface area contributed by atoms with Gasteiger partial charge >= 0.3 is 0 Å². The van der Waals surface area contributed by atoms with E-state index in [1.165, 1.54) is 5.56 Å². The first kappa shape index (κ1) is 13.1. The molecule has 96 valence electrons. The van der Waals surface area contributed by atoms with Crippen LogP contribution in [0.15, 0.2) is 41.3 Å². The molecule has 0 aliphatic heterocycles. The van der Waals surface area contributed by atoms with Crippen molar-refractivity contribution < 1.29 is 0 Å². The van der Waals surface area contributed by atoms with E-state index in [9.17, 15) is 4.79 Å². The molecular formula is C16H16N2O. The molecule has 0 fully saturated rings. The van der Waals surface area contributed by atoms with Crippen LogP contribution >= 0.6 is 0 Å². The minimum absolute atomic E-state index is 0.193. The van der Waals surface area contributed by atoms with E-state index in [0.717, 1.165) is 17.5 Å². The second-order valence-electron chi connectivity index (χ2n) is 4.66. The molecule has 2 aromatic rings. The minimum Gasteiger partial charge on any atom is -0.314 e. The number of benzene rings is 1. The summed E-state index contributed by atoms with van der Waals surface area (Å²) >= 11 is 0. The number of hydrogen-bond acceptors (Lipinski definition) is 2. The Kier molecular flexibility index (Phi) is 3.82. The van der Waals surface area contributed by atoms with Crippen LogP contribution in [0.25, 0.3) is 0 Å². The van der Waals surface area contributed by atoms with Gasteiger partial charge in [0, 0.05) is 12.7 Å². The van der Waals surface area contributed by atoms with E-state index < -0.39 is 0 Å². The molecule has 1 aromatic carbocycles. The second kappa shape index (κ2) is 5.53. The Morgan fingerprint density at radius 3 is 2.53 bits per heavy atom. The van der Waals surface area contributed by atoms with Gasteiger partial charge in [-0.2, -0.15) is 5.26 Å². The number of nitriles is 1. The first-order valence-corrected chi connectivity index (χ1v) is 6.28. The molecule has 0 saturated carbocycles. The first-order chi connectivity index (χ1) is 9.13. The molecule has 3 nitrogen and oxygen atoms in total. The fourth-order valence-corrected chi connectivity index (χ4v) is 2.08. The van der Waals surface area contributed by atoms with Gasteiger partial charge in [-0.3, -0.25) is 4.79 Å². The summed E-state index contributed by atoms with van der Waals surface area (Å²) in [5.41, 5.74) is 3.01. The van der Waals surface area contributed by atoms with E-state index in [-0.39, 0.29) is 11.1 Å². The van der Waals surface area contributed by atoms with Crippen molar-refractivity contribution in [2.45, 2.75) is 26.8 Å². The highest BCUT2D eigenvalue weighted by Gasteiger charge is 2.09. The van der Waals surface area contributed by atoms with E-state index >= 15 is 0 Å².